The third-order valence-corrected chi connectivity index (χ3v) is 6.24. The molecular weight excluding hydrogens is 406 g/mol. The number of thiophene rings is 1. The number of carbonyl (C=O) groups excluding carboxylic acids is 1. The predicted molar refractivity (Wildman–Crippen MR) is 108 cm³/mol. The Morgan fingerprint density at radius 1 is 1.12 bits per heavy atom. The lowest BCUT2D eigenvalue weighted by molar-refractivity contribution is 0.0955. The summed E-state index contributed by atoms with van der Waals surface area (Å²) in [5.74, 6) is 1.06. The number of benzene rings is 1. The molecule has 0 amide bonds. The Labute approximate surface area is 162 Å². The molecule has 3 rings (SSSR count). The van der Waals surface area contributed by atoms with E-state index >= 15 is 0 Å². The Kier molecular flexibility index (Phi) is 7.95. The van der Waals surface area contributed by atoms with Crippen molar-refractivity contribution >= 4 is 45.5 Å². The highest BCUT2D eigenvalue weighted by Crippen LogP contribution is 2.24. The minimum Gasteiger partial charge on any atom is -0.303 e. The summed E-state index contributed by atoms with van der Waals surface area (Å²) in [5.41, 5.74) is 1.45. The molecule has 0 atom stereocenters. The van der Waals surface area contributed by atoms with Crippen molar-refractivity contribution in [3.63, 3.8) is 0 Å². The molecule has 0 saturated carbocycles. The van der Waals surface area contributed by atoms with Crippen LogP contribution in [0.3, 0.4) is 0 Å². The molecule has 0 bridgehead atoms. The first-order chi connectivity index (χ1) is 11.2. The smallest absolute Gasteiger partial charge is 0.174 e. The average molecular weight is 429 g/mol. The fourth-order valence-electron chi connectivity index (χ4n) is 3.21. The first kappa shape index (κ1) is 19.6. The van der Waals surface area contributed by atoms with Gasteiger partial charge in [0.15, 0.2) is 5.78 Å². The van der Waals surface area contributed by atoms with Gasteiger partial charge >= 0.3 is 0 Å². The van der Waals surface area contributed by atoms with E-state index in [2.05, 4.69) is 51.2 Å². The second-order valence-corrected chi connectivity index (χ2v) is 8.71. The highest BCUT2D eigenvalue weighted by atomic mass is 79.9. The molecule has 1 saturated heterocycles. The lowest BCUT2D eigenvalue weighted by Crippen LogP contribution is -2.35. The summed E-state index contributed by atoms with van der Waals surface area (Å²) in [5, 5.41) is 0. The number of hydrogen-bond donors (Lipinski definition) is 0. The molecule has 1 fully saturated rings. The van der Waals surface area contributed by atoms with E-state index in [1.165, 1.54) is 36.2 Å². The first-order valence-corrected chi connectivity index (χ1v) is 9.86. The molecule has 0 spiro atoms. The van der Waals surface area contributed by atoms with Crippen molar-refractivity contribution < 1.29 is 4.79 Å². The second kappa shape index (κ2) is 9.71. The third-order valence-electron chi connectivity index (χ3n) is 4.58. The lowest BCUT2D eigenvalue weighted by atomic mass is 9.90. The number of halogens is 2. The van der Waals surface area contributed by atoms with E-state index < -0.39 is 0 Å². The van der Waals surface area contributed by atoms with Crippen molar-refractivity contribution in [1.29, 1.82) is 0 Å². The zero-order valence-electron chi connectivity index (χ0n) is 13.6. The van der Waals surface area contributed by atoms with E-state index in [9.17, 15) is 4.79 Å². The van der Waals surface area contributed by atoms with Crippen LogP contribution in [0.15, 0.2) is 46.3 Å². The van der Waals surface area contributed by atoms with Gasteiger partial charge in [-0.1, -0.05) is 30.3 Å². The topological polar surface area (TPSA) is 20.3 Å². The van der Waals surface area contributed by atoms with Crippen LogP contribution in [-0.2, 0) is 6.42 Å². The van der Waals surface area contributed by atoms with Gasteiger partial charge in [0.25, 0.3) is 0 Å². The SMILES string of the molecule is Cl.O=C(CCN1CCC(Cc2ccccc2)CC1)c1ccc(Br)s1. The number of piperidine rings is 1. The largest absolute Gasteiger partial charge is 0.303 e. The van der Waals surface area contributed by atoms with E-state index in [-0.39, 0.29) is 18.2 Å². The van der Waals surface area contributed by atoms with Gasteiger partial charge in [-0.25, -0.2) is 0 Å². The maximum atomic E-state index is 12.2. The van der Waals surface area contributed by atoms with Gasteiger partial charge in [0, 0.05) is 13.0 Å². The van der Waals surface area contributed by atoms with E-state index in [0.717, 1.165) is 34.2 Å². The van der Waals surface area contributed by atoms with Crippen LogP contribution < -0.4 is 0 Å². The van der Waals surface area contributed by atoms with Crippen molar-refractivity contribution in [3.05, 3.63) is 56.7 Å². The molecule has 0 radical (unpaired) electrons. The zero-order valence-corrected chi connectivity index (χ0v) is 16.8. The van der Waals surface area contributed by atoms with Gasteiger partial charge < -0.3 is 4.90 Å². The summed E-state index contributed by atoms with van der Waals surface area (Å²) < 4.78 is 1.03. The summed E-state index contributed by atoms with van der Waals surface area (Å²) >= 11 is 4.95. The molecule has 1 aromatic carbocycles. The molecule has 5 heteroatoms. The minimum atomic E-state index is 0. The van der Waals surface area contributed by atoms with E-state index in [4.69, 9.17) is 0 Å². The minimum absolute atomic E-state index is 0. The van der Waals surface area contributed by atoms with Crippen LogP contribution in [0.1, 0.15) is 34.5 Å². The van der Waals surface area contributed by atoms with Gasteiger partial charge in [0.2, 0.25) is 0 Å². The van der Waals surface area contributed by atoms with Crippen molar-refractivity contribution in [2.24, 2.45) is 5.92 Å². The molecule has 130 valence electrons. The highest BCUT2D eigenvalue weighted by Gasteiger charge is 2.20. The third kappa shape index (κ3) is 5.69. The Morgan fingerprint density at radius 2 is 1.83 bits per heavy atom. The van der Waals surface area contributed by atoms with Crippen molar-refractivity contribution in [1.82, 2.24) is 4.90 Å². The summed E-state index contributed by atoms with van der Waals surface area (Å²) in [4.78, 5) is 15.5. The Morgan fingerprint density at radius 3 is 2.46 bits per heavy atom. The highest BCUT2D eigenvalue weighted by molar-refractivity contribution is 9.11. The number of carbonyl (C=O) groups is 1. The van der Waals surface area contributed by atoms with Crippen molar-refractivity contribution in [2.75, 3.05) is 19.6 Å². The van der Waals surface area contributed by atoms with E-state index in [1.54, 1.807) is 0 Å². The molecular formula is C19H23BrClNOS. The van der Waals surface area contributed by atoms with E-state index in [1.807, 2.05) is 12.1 Å². The summed E-state index contributed by atoms with van der Waals surface area (Å²) in [7, 11) is 0. The fourth-order valence-corrected chi connectivity index (χ4v) is 4.56. The summed E-state index contributed by atoms with van der Waals surface area (Å²) in [6.07, 6.45) is 4.31. The van der Waals surface area contributed by atoms with Crippen LogP contribution in [0.5, 0.6) is 0 Å². The van der Waals surface area contributed by atoms with Crippen LogP contribution in [-0.4, -0.2) is 30.3 Å². The Bertz CT molecular complexity index is 638. The van der Waals surface area contributed by atoms with Crippen molar-refractivity contribution in [2.45, 2.75) is 25.7 Å². The average Bonchev–Trinajstić information content (AvgIpc) is 3.01. The molecule has 24 heavy (non-hydrogen) atoms. The predicted octanol–water partition coefficient (Wildman–Crippen LogP) is 5.46. The standard InChI is InChI=1S/C19H22BrNOS.ClH/c20-19-7-6-18(23-19)17(22)10-13-21-11-8-16(9-12-21)14-15-4-2-1-3-5-15;/h1-7,16H,8-14H2;1H. The molecule has 0 aliphatic carbocycles. The van der Waals surface area contributed by atoms with Gasteiger partial charge in [0.05, 0.1) is 8.66 Å². The maximum absolute atomic E-state index is 12.2. The molecule has 2 nitrogen and oxygen atoms in total. The van der Waals surface area contributed by atoms with Crippen molar-refractivity contribution in [3.8, 4) is 0 Å². The number of rotatable bonds is 6. The number of likely N-dealkylation sites (tertiary alicyclic amines) is 1. The second-order valence-electron chi connectivity index (χ2n) is 6.25. The quantitative estimate of drug-likeness (QED) is 0.569. The van der Waals surface area contributed by atoms with Crippen LogP contribution in [0, 0.1) is 5.92 Å². The number of ketones is 1. The van der Waals surface area contributed by atoms with Crippen LogP contribution >= 0.6 is 39.7 Å². The zero-order chi connectivity index (χ0) is 16.1. The first-order valence-electron chi connectivity index (χ1n) is 8.25. The van der Waals surface area contributed by atoms with Crippen LogP contribution in [0.25, 0.3) is 0 Å². The molecule has 1 aliphatic heterocycles. The maximum Gasteiger partial charge on any atom is 0.174 e. The Hall–Kier alpha value is -0.680. The molecule has 1 aliphatic rings. The van der Waals surface area contributed by atoms with Gasteiger partial charge in [-0.3, -0.25) is 4.79 Å². The molecule has 1 aromatic heterocycles. The number of Topliss-reactive ketones (excluding diaryl/α,β-unsaturated/α-hetero) is 1. The Balaban J connectivity index is 0.00000208. The van der Waals surface area contributed by atoms with Gasteiger partial charge in [0.1, 0.15) is 0 Å². The summed E-state index contributed by atoms with van der Waals surface area (Å²) in [6, 6.07) is 14.7. The van der Waals surface area contributed by atoms with Crippen LogP contribution in [0.4, 0.5) is 0 Å². The normalized spacial score (nSPS) is 15.9. The fraction of sp³-hybridized carbons (Fsp3) is 0.421. The van der Waals surface area contributed by atoms with Gasteiger partial charge in [-0.2, -0.15) is 0 Å². The lowest BCUT2D eigenvalue weighted by Gasteiger charge is -2.31. The molecule has 2 heterocycles. The van der Waals surface area contributed by atoms with Gasteiger partial charge in [-0.05, 0) is 71.9 Å². The molecule has 0 N–H and O–H groups in total. The molecule has 2 aromatic rings. The number of nitrogens with zero attached hydrogens (tertiary/aromatic N) is 1. The monoisotopic (exact) mass is 427 g/mol. The molecule has 0 unspecified atom stereocenters. The summed E-state index contributed by atoms with van der Waals surface area (Å²) in [6.45, 7) is 3.14. The van der Waals surface area contributed by atoms with Gasteiger partial charge in [-0.15, -0.1) is 23.7 Å². The van der Waals surface area contributed by atoms with E-state index in [0.29, 0.717) is 6.42 Å². The number of hydrogen-bond acceptors (Lipinski definition) is 3. The van der Waals surface area contributed by atoms with Crippen LogP contribution in [0.2, 0.25) is 0 Å².